The van der Waals surface area contributed by atoms with Crippen LogP contribution in [0.4, 0.5) is 0 Å². The molecule has 17 heavy (non-hydrogen) atoms. The van der Waals surface area contributed by atoms with Crippen LogP contribution in [0.25, 0.3) is 0 Å². The second-order valence-electron chi connectivity index (χ2n) is 5.07. The van der Waals surface area contributed by atoms with Gasteiger partial charge in [-0.25, -0.2) is 0 Å². The number of hydrogen-bond acceptors (Lipinski definition) is 0. The van der Waals surface area contributed by atoms with Gasteiger partial charge in [0, 0.05) is 5.92 Å². The summed E-state index contributed by atoms with van der Waals surface area (Å²) >= 11 is 0. The van der Waals surface area contributed by atoms with Gasteiger partial charge in [0.1, 0.15) is 0 Å². The Morgan fingerprint density at radius 2 is 1.41 bits per heavy atom. The van der Waals surface area contributed by atoms with Crippen LogP contribution in [0.1, 0.15) is 48.3 Å². The van der Waals surface area contributed by atoms with E-state index in [1.54, 1.807) is 5.56 Å². The van der Waals surface area contributed by atoms with E-state index < -0.39 is 0 Å². The molecule has 0 spiro atoms. The van der Waals surface area contributed by atoms with Gasteiger partial charge in [-0.2, -0.15) is 0 Å². The van der Waals surface area contributed by atoms with E-state index >= 15 is 0 Å². The molecule has 0 amide bonds. The molecule has 0 saturated heterocycles. The predicted molar refractivity (Wildman–Crippen MR) is 72.4 cm³/mol. The lowest BCUT2D eigenvalue weighted by atomic mass is 9.75. The van der Waals surface area contributed by atoms with Crippen LogP contribution >= 0.6 is 0 Å². The van der Waals surface area contributed by atoms with Gasteiger partial charge < -0.3 is 0 Å². The number of fused-ring (bicyclic) bond motifs is 1. The molecular formula is C17H18. The van der Waals surface area contributed by atoms with Crippen LogP contribution < -0.4 is 0 Å². The summed E-state index contributed by atoms with van der Waals surface area (Å²) in [4.78, 5) is 0. The molecule has 2 aromatic carbocycles. The lowest BCUT2D eigenvalue weighted by Gasteiger charge is -2.30. The first-order valence-corrected chi connectivity index (χ1v) is 6.50. The summed E-state index contributed by atoms with van der Waals surface area (Å²) in [6.07, 6.45) is 2.58. The minimum absolute atomic E-state index is 0.601. The molecule has 1 unspecified atom stereocenters. The Morgan fingerprint density at radius 3 is 2.18 bits per heavy atom. The Morgan fingerprint density at radius 1 is 0.765 bits per heavy atom. The lowest BCUT2D eigenvalue weighted by Crippen LogP contribution is -2.13. The van der Waals surface area contributed by atoms with Crippen LogP contribution in [0.15, 0.2) is 54.6 Å². The average molecular weight is 222 g/mol. The molecule has 86 valence electrons. The molecule has 0 aliphatic heterocycles. The monoisotopic (exact) mass is 222 g/mol. The Hall–Kier alpha value is -1.56. The van der Waals surface area contributed by atoms with Crippen molar-refractivity contribution in [3.05, 3.63) is 71.3 Å². The van der Waals surface area contributed by atoms with Gasteiger partial charge in [-0.1, -0.05) is 61.5 Å². The highest BCUT2D eigenvalue weighted by molar-refractivity contribution is 5.41. The van der Waals surface area contributed by atoms with Crippen molar-refractivity contribution >= 4 is 0 Å². The van der Waals surface area contributed by atoms with Gasteiger partial charge in [0.05, 0.1) is 0 Å². The third kappa shape index (κ3) is 1.88. The van der Waals surface area contributed by atoms with E-state index in [0.29, 0.717) is 11.8 Å². The standard InChI is InChI=1S/C17H18/c1-13-11-12-16(14-7-3-2-4-8-14)17-10-6-5-9-15(13)17/h2-10,13,16H,11-12H2,1H3/t13-,16?/m0/s1. The fourth-order valence-electron chi connectivity index (χ4n) is 3.04. The first-order valence-electron chi connectivity index (χ1n) is 6.50. The highest BCUT2D eigenvalue weighted by Crippen LogP contribution is 2.41. The zero-order chi connectivity index (χ0) is 11.7. The summed E-state index contributed by atoms with van der Waals surface area (Å²) in [6, 6.07) is 19.9. The molecule has 1 aliphatic rings. The molecule has 0 bridgehead atoms. The van der Waals surface area contributed by atoms with Gasteiger partial charge in [0.25, 0.3) is 0 Å². The molecule has 1 aliphatic carbocycles. The summed E-state index contributed by atoms with van der Waals surface area (Å²) in [5, 5.41) is 0. The van der Waals surface area contributed by atoms with E-state index in [0.717, 1.165) is 0 Å². The molecule has 2 atom stereocenters. The van der Waals surface area contributed by atoms with Crippen molar-refractivity contribution in [2.45, 2.75) is 31.6 Å². The zero-order valence-electron chi connectivity index (χ0n) is 10.3. The first kappa shape index (κ1) is 10.6. The van der Waals surface area contributed by atoms with Crippen LogP contribution in [0, 0.1) is 0 Å². The fraction of sp³-hybridized carbons (Fsp3) is 0.294. The highest BCUT2D eigenvalue weighted by atomic mass is 14.3. The first-order chi connectivity index (χ1) is 8.36. The number of rotatable bonds is 1. The van der Waals surface area contributed by atoms with Gasteiger partial charge >= 0.3 is 0 Å². The van der Waals surface area contributed by atoms with E-state index in [4.69, 9.17) is 0 Å². The molecule has 0 N–H and O–H groups in total. The summed E-state index contributed by atoms with van der Waals surface area (Å²) in [6.45, 7) is 2.35. The molecule has 0 saturated carbocycles. The van der Waals surface area contributed by atoms with Crippen molar-refractivity contribution < 1.29 is 0 Å². The predicted octanol–water partition coefficient (Wildman–Crippen LogP) is 4.72. The Labute approximate surface area is 103 Å². The largest absolute Gasteiger partial charge is 0.0622 e. The smallest absolute Gasteiger partial charge is 0.00923 e. The highest BCUT2D eigenvalue weighted by Gasteiger charge is 2.24. The van der Waals surface area contributed by atoms with Crippen LogP contribution in [0.2, 0.25) is 0 Å². The van der Waals surface area contributed by atoms with Gasteiger partial charge in [-0.05, 0) is 35.4 Å². The van der Waals surface area contributed by atoms with Gasteiger partial charge in [0.2, 0.25) is 0 Å². The maximum absolute atomic E-state index is 2.35. The SMILES string of the molecule is C[C@H]1CCC(c2ccccc2)c2ccccc21. The fourth-order valence-corrected chi connectivity index (χ4v) is 3.04. The normalized spacial score (nSPS) is 23.1. The van der Waals surface area contributed by atoms with E-state index in [1.807, 2.05) is 0 Å². The summed E-state index contributed by atoms with van der Waals surface area (Å²) in [5.41, 5.74) is 4.55. The van der Waals surface area contributed by atoms with Crippen molar-refractivity contribution in [1.29, 1.82) is 0 Å². The zero-order valence-corrected chi connectivity index (χ0v) is 10.3. The van der Waals surface area contributed by atoms with Gasteiger partial charge in [0.15, 0.2) is 0 Å². The van der Waals surface area contributed by atoms with Crippen LogP contribution in [0.5, 0.6) is 0 Å². The quantitative estimate of drug-likeness (QED) is 0.655. The second kappa shape index (κ2) is 4.37. The summed E-state index contributed by atoms with van der Waals surface area (Å²) in [5.74, 6) is 1.31. The molecule has 3 rings (SSSR count). The van der Waals surface area contributed by atoms with E-state index in [1.165, 1.54) is 24.0 Å². The maximum Gasteiger partial charge on any atom is 0.00923 e. The Balaban J connectivity index is 2.07. The van der Waals surface area contributed by atoms with Gasteiger partial charge in [-0.3, -0.25) is 0 Å². The van der Waals surface area contributed by atoms with E-state index in [-0.39, 0.29) is 0 Å². The number of hydrogen-bond donors (Lipinski definition) is 0. The molecule has 0 aromatic heterocycles. The molecular weight excluding hydrogens is 204 g/mol. The minimum atomic E-state index is 0.601. The molecule has 0 heteroatoms. The molecule has 0 nitrogen and oxygen atoms in total. The molecule has 0 fully saturated rings. The van der Waals surface area contributed by atoms with Gasteiger partial charge in [-0.15, -0.1) is 0 Å². The van der Waals surface area contributed by atoms with Crippen molar-refractivity contribution in [2.24, 2.45) is 0 Å². The average Bonchev–Trinajstić information content (AvgIpc) is 2.41. The summed E-state index contributed by atoms with van der Waals surface area (Å²) in [7, 11) is 0. The van der Waals surface area contributed by atoms with Crippen molar-refractivity contribution in [2.75, 3.05) is 0 Å². The van der Waals surface area contributed by atoms with Crippen LogP contribution in [0.3, 0.4) is 0 Å². The van der Waals surface area contributed by atoms with E-state index in [9.17, 15) is 0 Å². The van der Waals surface area contributed by atoms with Crippen molar-refractivity contribution in [3.63, 3.8) is 0 Å². The third-order valence-electron chi connectivity index (χ3n) is 3.99. The topological polar surface area (TPSA) is 0 Å². The molecule has 0 radical (unpaired) electrons. The van der Waals surface area contributed by atoms with Crippen LogP contribution in [-0.2, 0) is 0 Å². The number of benzene rings is 2. The van der Waals surface area contributed by atoms with Crippen molar-refractivity contribution in [1.82, 2.24) is 0 Å². The van der Waals surface area contributed by atoms with Crippen LogP contribution in [-0.4, -0.2) is 0 Å². The Kier molecular flexibility index (Phi) is 2.72. The van der Waals surface area contributed by atoms with E-state index in [2.05, 4.69) is 61.5 Å². The second-order valence-corrected chi connectivity index (χ2v) is 5.07. The summed E-state index contributed by atoms with van der Waals surface area (Å²) < 4.78 is 0. The maximum atomic E-state index is 2.35. The minimum Gasteiger partial charge on any atom is -0.0622 e. The Bertz CT molecular complexity index is 498. The lowest BCUT2D eigenvalue weighted by molar-refractivity contribution is 0.545. The molecule has 0 heterocycles. The molecule has 2 aromatic rings. The van der Waals surface area contributed by atoms with Crippen molar-refractivity contribution in [3.8, 4) is 0 Å². The third-order valence-corrected chi connectivity index (χ3v) is 3.99.